The third kappa shape index (κ3) is 4.98. The van der Waals surface area contributed by atoms with Gasteiger partial charge >= 0.3 is 0 Å². The van der Waals surface area contributed by atoms with Gasteiger partial charge in [-0.2, -0.15) is 0 Å². The number of hydrogen-bond acceptors (Lipinski definition) is 6. The maximum absolute atomic E-state index is 13.2. The van der Waals surface area contributed by atoms with E-state index in [2.05, 4.69) is 15.2 Å². The van der Waals surface area contributed by atoms with Crippen molar-refractivity contribution in [3.63, 3.8) is 0 Å². The van der Waals surface area contributed by atoms with Crippen LogP contribution in [-0.2, 0) is 11.3 Å². The molecule has 0 atom stereocenters. The molecule has 2 aromatic heterocycles. The van der Waals surface area contributed by atoms with Gasteiger partial charge in [0.15, 0.2) is 5.16 Å². The summed E-state index contributed by atoms with van der Waals surface area (Å²) in [5.74, 6) is 0.551. The van der Waals surface area contributed by atoms with E-state index in [1.165, 1.54) is 34.9 Å². The Morgan fingerprint density at radius 1 is 1.12 bits per heavy atom. The van der Waals surface area contributed by atoms with Gasteiger partial charge in [0, 0.05) is 29.5 Å². The summed E-state index contributed by atoms with van der Waals surface area (Å²) in [6.07, 6.45) is 4.00. The van der Waals surface area contributed by atoms with Crippen LogP contribution in [0, 0.1) is 0 Å². The van der Waals surface area contributed by atoms with Crippen molar-refractivity contribution in [3.8, 4) is 0 Å². The number of carbonyl (C=O) groups excluding carboxylic acids is 1. The van der Waals surface area contributed by atoms with E-state index in [9.17, 15) is 9.59 Å². The van der Waals surface area contributed by atoms with Crippen LogP contribution >= 0.6 is 23.4 Å². The summed E-state index contributed by atoms with van der Waals surface area (Å²) in [4.78, 5) is 32.8. The molecule has 174 valence electrons. The number of hydrogen-bond donors (Lipinski definition) is 1. The van der Waals surface area contributed by atoms with Crippen LogP contribution in [0.4, 0.5) is 11.4 Å². The topological polar surface area (TPSA) is 80.4 Å². The van der Waals surface area contributed by atoms with Gasteiger partial charge in [0.05, 0.1) is 29.5 Å². The predicted octanol–water partition coefficient (Wildman–Crippen LogP) is 5.02. The van der Waals surface area contributed by atoms with Gasteiger partial charge < -0.3 is 14.6 Å². The van der Waals surface area contributed by atoms with Gasteiger partial charge in [-0.15, -0.1) is 0 Å². The van der Waals surface area contributed by atoms with Gasteiger partial charge in [-0.3, -0.25) is 14.2 Å². The third-order valence-corrected chi connectivity index (χ3v) is 6.94. The lowest BCUT2D eigenvalue weighted by atomic mass is 10.2. The molecule has 7 nitrogen and oxygen atoms in total. The molecule has 1 amide bonds. The van der Waals surface area contributed by atoms with E-state index in [1.54, 1.807) is 36.6 Å². The molecule has 3 heterocycles. The van der Waals surface area contributed by atoms with Gasteiger partial charge in [0.2, 0.25) is 5.91 Å². The summed E-state index contributed by atoms with van der Waals surface area (Å²) in [6.45, 7) is 2.37. The summed E-state index contributed by atoms with van der Waals surface area (Å²) in [6, 6.07) is 16.4. The first-order chi connectivity index (χ1) is 16.6. The number of anilines is 2. The van der Waals surface area contributed by atoms with Crippen LogP contribution in [0.3, 0.4) is 0 Å². The Balaban J connectivity index is 1.33. The molecule has 1 saturated heterocycles. The molecule has 5 rings (SSSR count). The second-order valence-corrected chi connectivity index (χ2v) is 9.48. The lowest BCUT2D eigenvalue weighted by Gasteiger charge is -2.17. The number of thioether (sulfide) groups is 1. The van der Waals surface area contributed by atoms with Gasteiger partial charge in [0.1, 0.15) is 5.76 Å². The molecule has 4 aromatic rings. The quantitative estimate of drug-likeness (QED) is 0.287. The second-order valence-electron chi connectivity index (χ2n) is 8.10. The van der Waals surface area contributed by atoms with Gasteiger partial charge in [-0.1, -0.05) is 23.4 Å². The van der Waals surface area contributed by atoms with Crippen LogP contribution in [0.2, 0.25) is 5.02 Å². The van der Waals surface area contributed by atoms with Crippen molar-refractivity contribution in [1.29, 1.82) is 0 Å². The third-order valence-electron chi connectivity index (χ3n) is 5.73. The Bertz CT molecular complexity index is 1360. The predicted molar refractivity (Wildman–Crippen MR) is 136 cm³/mol. The zero-order valence-corrected chi connectivity index (χ0v) is 19.9. The highest BCUT2D eigenvalue weighted by molar-refractivity contribution is 7.99. The fourth-order valence-electron chi connectivity index (χ4n) is 4.04. The molecule has 0 radical (unpaired) electrons. The maximum atomic E-state index is 13.2. The Labute approximate surface area is 205 Å². The average Bonchev–Trinajstić information content (AvgIpc) is 3.55. The summed E-state index contributed by atoms with van der Waals surface area (Å²) in [7, 11) is 0. The number of amides is 1. The number of halogens is 1. The summed E-state index contributed by atoms with van der Waals surface area (Å²) >= 11 is 7.31. The van der Waals surface area contributed by atoms with E-state index in [0.717, 1.165) is 18.8 Å². The van der Waals surface area contributed by atoms with Crippen LogP contribution in [0.1, 0.15) is 18.6 Å². The molecule has 1 fully saturated rings. The first-order valence-corrected chi connectivity index (χ1v) is 12.4. The van der Waals surface area contributed by atoms with E-state index in [1.807, 2.05) is 24.3 Å². The summed E-state index contributed by atoms with van der Waals surface area (Å²) in [5, 5.41) is 4.31. The number of aromatic nitrogens is 2. The lowest BCUT2D eigenvalue weighted by molar-refractivity contribution is -0.113. The van der Waals surface area contributed by atoms with Gasteiger partial charge in [-0.05, 0) is 67.4 Å². The van der Waals surface area contributed by atoms with Crippen molar-refractivity contribution >= 4 is 51.5 Å². The second kappa shape index (κ2) is 9.95. The molecule has 9 heteroatoms. The van der Waals surface area contributed by atoms with Crippen molar-refractivity contribution in [2.45, 2.75) is 24.5 Å². The van der Waals surface area contributed by atoms with E-state index < -0.39 is 0 Å². The van der Waals surface area contributed by atoms with E-state index in [4.69, 9.17) is 16.0 Å². The monoisotopic (exact) mass is 494 g/mol. The van der Waals surface area contributed by atoms with Crippen LogP contribution in [-0.4, -0.2) is 34.3 Å². The normalized spacial score (nSPS) is 13.5. The van der Waals surface area contributed by atoms with Crippen molar-refractivity contribution in [2.75, 3.05) is 29.1 Å². The number of benzene rings is 2. The minimum Gasteiger partial charge on any atom is -0.467 e. The average molecular weight is 495 g/mol. The van der Waals surface area contributed by atoms with Crippen LogP contribution in [0.25, 0.3) is 10.9 Å². The zero-order chi connectivity index (χ0) is 23.5. The fraction of sp³-hybridized carbons (Fsp3) is 0.240. The van der Waals surface area contributed by atoms with E-state index >= 15 is 0 Å². The zero-order valence-electron chi connectivity index (χ0n) is 18.4. The number of rotatable bonds is 7. The largest absolute Gasteiger partial charge is 0.467 e. The van der Waals surface area contributed by atoms with E-state index in [-0.39, 0.29) is 23.8 Å². The van der Waals surface area contributed by atoms with Crippen LogP contribution < -0.4 is 15.8 Å². The molecule has 34 heavy (non-hydrogen) atoms. The highest BCUT2D eigenvalue weighted by Gasteiger charge is 2.16. The van der Waals surface area contributed by atoms with Crippen molar-refractivity contribution in [3.05, 3.63) is 82.0 Å². The molecule has 0 saturated carbocycles. The SMILES string of the molecule is O=C(CSc1nc2cc(Cl)ccc2c(=O)n1Cc1ccco1)Nc1ccc(N2CCCC2)cc1. The fourth-order valence-corrected chi connectivity index (χ4v) is 5.00. The van der Waals surface area contributed by atoms with Crippen LogP contribution in [0.15, 0.2) is 75.2 Å². The molecule has 0 unspecified atom stereocenters. The molecule has 2 aromatic carbocycles. The smallest absolute Gasteiger partial charge is 0.262 e. The maximum Gasteiger partial charge on any atom is 0.262 e. The number of furan rings is 1. The van der Waals surface area contributed by atoms with Crippen molar-refractivity contribution < 1.29 is 9.21 Å². The molecule has 1 aliphatic rings. The Kier molecular flexibility index (Phi) is 6.60. The van der Waals surface area contributed by atoms with Crippen molar-refractivity contribution in [2.24, 2.45) is 0 Å². The van der Waals surface area contributed by atoms with E-state index in [0.29, 0.717) is 26.8 Å². The number of fused-ring (bicyclic) bond motifs is 1. The summed E-state index contributed by atoms with van der Waals surface area (Å²) in [5.41, 5.74) is 2.19. The van der Waals surface area contributed by atoms with Crippen molar-refractivity contribution in [1.82, 2.24) is 9.55 Å². The molecular weight excluding hydrogens is 472 g/mol. The lowest BCUT2D eigenvalue weighted by Crippen LogP contribution is -2.24. The molecule has 0 spiro atoms. The molecule has 0 aliphatic carbocycles. The first kappa shape index (κ1) is 22.6. The van der Waals surface area contributed by atoms with Gasteiger partial charge in [-0.25, -0.2) is 4.98 Å². The number of nitrogens with one attached hydrogen (secondary N) is 1. The molecular formula is C25H23ClN4O3S. The standard InChI is InChI=1S/C25H23ClN4O3S/c26-17-5-10-21-22(14-17)28-25(30(24(21)32)15-20-4-3-13-33-20)34-16-23(31)27-18-6-8-19(9-7-18)29-11-1-2-12-29/h3-10,13-14H,1-2,11-12,15-16H2,(H,27,31). The molecule has 1 aliphatic heterocycles. The minimum absolute atomic E-state index is 0.102. The minimum atomic E-state index is -0.210. The Morgan fingerprint density at radius 3 is 2.65 bits per heavy atom. The molecule has 1 N–H and O–H groups in total. The number of nitrogens with zero attached hydrogens (tertiary/aromatic N) is 3. The highest BCUT2D eigenvalue weighted by atomic mass is 35.5. The Hall–Kier alpha value is -3.23. The summed E-state index contributed by atoms with van der Waals surface area (Å²) < 4.78 is 6.95. The first-order valence-electron chi connectivity index (χ1n) is 11.1. The molecule has 0 bridgehead atoms. The van der Waals surface area contributed by atoms with Gasteiger partial charge in [0.25, 0.3) is 5.56 Å². The highest BCUT2D eigenvalue weighted by Crippen LogP contribution is 2.24. The number of carbonyl (C=O) groups is 1. The van der Waals surface area contributed by atoms with Crippen LogP contribution in [0.5, 0.6) is 0 Å². The Morgan fingerprint density at radius 2 is 1.91 bits per heavy atom.